The third kappa shape index (κ3) is 5.64. The average molecular weight is 367 g/mol. The number of amides is 2. The Morgan fingerprint density at radius 1 is 1.07 bits per heavy atom. The molecule has 1 heterocycles. The molecule has 0 unspecified atom stereocenters. The monoisotopic (exact) mass is 367 g/mol. The molecule has 0 atom stereocenters. The van der Waals surface area contributed by atoms with Gasteiger partial charge in [0.15, 0.2) is 0 Å². The van der Waals surface area contributed by atoms with Crippen molar-refractivity contribution in [2.24, 2.45) is 0 Å². The molecule has 0 aliphatic heterocycles. The van der Waals surface area contributed by atoms with Gasteiger partial charge in [-0.25, -0.2) is 0 Å². The molecule has 2 amide bonds. The summed E-state index contributed by atoms with van der Waals surface area (Å²) in [6.45, 7) is 7.26. The van der Waals surface area contributed by atoms with Crippen molar-refractivity contribution in [1.29, 1.82) is 0 Å². The van der Waals surface area contributed by atoms with E-state index in [-0.39, 0.29) is 17.9 Å². The average Bonchev–Trinajstić information content (AvgIpc) is 2.69. The molecule has 144 valence electrons. The molecule has 0 bridgehead atoms. The summed E-state index contributed by atoms with van der Waals surface area (Å²) in [7, 11) is 1.79. The molecule has 2 aromatic rings. The SMILES string of the molecule is CCCCN(C)C(=O)c1ccnc(C(=O)N(Cc2ccccc2)C(C)C)c1. The topological polar surface area (TPSA) is 53.5 Å². The molecule has 0 aliphatic carbocycles. The van der Waals surface area contributed by atoms with Crippen molar-refractivity contribution in [2.45, 2.75) is 46.2 Å². The van der Waals surface area contributed by atoms with Crippen molar-refractivity contribution in [3.05, 3.63) is 65.5 Å². The van der Waals surface area contributed by atoms with Crippen LogP contribution in [0.4, 0.5) is 0 Å². The van der Waals surface area contributed by atoms with Crippen molar-refractivity contribution in [2.75, 3.05) is 13.6 Å². The van der Waals surface area contributed by atoms with Crippen LogP contribution in [0, 0.1) is 0 Å². The molecule has 0 aliphatic rings. The Kier molecular flexibility index (Phi) is 7.53. The molecule has 0 N–H and O–H groups in total. The molecule has 5 nitrogen and oxygen atoms in total. The van der Waals surface area contributed by atoms with E-state index in [1.54, 1.807) is 29.0 Å². The second-order valence-corrected chi connectivity index (χ2v) is 7.02. The molecule has 27 heavy (non-hydrogen) atoms. The number of nitrogens with zero attached hydrogens (tertiary/aromatic N) is 3. The van der Waals surface area contributed by atoms with Crippen LogP contribution in [0.25, 0.3) is 0 Å². The number of aromatic nitrogens is 1. The summed E-state index contributed by atoms with van der Waals surface area (Å²) in [4.78, 5) is 33.3. The van der Waals surface area contributed by atoms with Crippen molar-refractivity contribution in [3.63, 3.8) is 0 Å². The Hall–Kier alpha value is -2.69. The van der Waals surface area contributed by atoms with Crippen LogP contribution < -0.4 is 0 Å². The fraction of sp³-hybridized carbons (Fsp3) is 0.409. The van der Waals surface area contributed by atoms with E-state index < -0.39 is 0 Å². The zero-order chi connectivity index (χ0) is 19.8. The lowest BCUT2D eigenvalue weighted by Crippen LogP contribution is -2.37. The summed E-state index contributed by atoms with van der Waals surface area (Å²) < 4.78 is 0. The third-order valence-corrected chi connectivity index (χ3v) is 4.50. The maximum atomic E-state index is 13.0. The van der Waals surface area contributed by atoms with Gasteiger partial charge in [-0.3, -0.25) is 14.6 Å². The highest BCUT2D eigenvalue weighted by molar-refractivity contribution is 5.98. The maximum absolute atomic E-state index is 13.0. The van der Waals surface area contributed by atoms with Gasteiger partial charge in [0, 0.05) is 37.9 Å². The molecule has 0 spiro atoms. The molecule has 0 saturated carbocycles. The summed E-state index contributed by atoms with van der Waals surface area (Å²) in [6, 6.07) is 13.2. The van der Waals surface area contributed by atoms with E-state index in [1.165, 1.54) is 6.20 Å². The van der Waals surface area contributed by atoms with Crippen LogP contribution in [0.15, 0.2) is 48.7 Å². The van der Waals surface area contributed by atoms with E-state index in [1.807, 2.05) is 44.2 Å². The quantitative estimate of drug-likeness (QED) is 0.708. The lowest BCUT2D eigenvalue weighted by atomic mass is 10.1. The predicted octanol–water partition coefficient (Wildman–Crippen LogP) is 4.00. The van der Waals surface area contributed by atoms with Crippen LogP contribution in [-0.4, -0.2) is 46.2 Å². The fourth-order valence-electron chi connectivity index (χ4n) is 2.81. The number of unbranched alkanes of at least 4 members (excludes halogenated alkanes) is 1. The Morgan fingerprint density at radius 2 is 1.78 bits per heavy atom. The van der Waals surface area contributed by atoms with Crippen LogP contribution >= 0.6 is 0 Å². The van der Waals surface area contributed by atoms with Gasteiger partial charge < -0.3 is 9.80 Å². The largest absolute Gasteiger partial charge is 0.342 e. The number of hydrogen-bond donors (Lipinski definition) is 0. The zero-order valence-electron chi connectivity index (χ0n) is 16.7. The number of pyridine rings is 1. The van der Waals surface area contributed by atoms with Crippen LogP contribution in [0.2, 0.25) is 0 Å². The molecular weight excluding hydrogens is 338 g/mol. The highest BCUT2D eigenvalue weighted by Crippen LogP contribution is 2.14. The molecule has 5 heteroatoms. The molecule has 1 aromatic heterocycles. The predicted molar refractivity (Wildman–Crippen MR) is 108 cm³/mol. The zero-order valence-corrected chi connectivity index (χ0v) is 16.7. The van der Waals surface area contributed by atoms with E-state index in [2.05, 4.69) is 11.9 Å². The van der Waals surface area contributed by atoms with Crippen molar-refractivity contribution in [1.82, 2.24) is 14.8 Å². The van der Waals surface area contributed by atoms with E-state index >= 15 is 0 Å². The molecule has 0 saturated heterocycles. The van der Waals surface area contributed by atoms with Crippen LogP contribution in [0.5, 0.6) is 0 Å². The van der Waals surface area contributed by atoms with Gasteiger partial charge in [0.05, 0.1) is 0 Å². The van der Waals surface area contributed by atoms with Gasteiger partial charge in [0.2, 0.25) is 0 Å². The lowest BCUT2D eigenvalue weighted by molar-refractivity contribution is 0.0684. The number of carbonyl (C=O) groups is 2. The summed E-state index contributed by atoms with van der Waals surface area (Å²) in [5, 5.41) is 0. The van der Waals surface area contributed by atoms with Gasteiger partial charge in [-0.05, 0) is 38.0 Å². The molecular formula is C22H29N3O2. The minimum Gasteiger partial charge on any atom is -0.342 e. The van der Waals surface area contributed by atoms with Crippen LogP contribution in [0.1, 0.15) is 60.0 Å². The highest BCUT2D eigenvalue weighted by atomic mass is 16.2. The van der Waals surface area contributed by atoms with E-state index in [0.29, 0.717) is 24.3 Å². The molecule has 0 radical (unpaired) electrons. The van der Waals surface area contributed by atoms with Gasteiger partial charge in [-0.1, -0.05) is 43.7 Å². The Bertz CT molecular complexity index is 759. The van der Waals surface area contributed by atoms with Gasteiger partial charge in [0.1, 0.15) is 5.69 Å². The first-order chi connectivity index (χ1) is 12.9. The second-order valence-electron chi connectivity index (χ2n) is 7.02. The lowest BCUT2D eigenvalue weighted by Gasteiger charge is -2.27. The van der Waals surface area contributed by atoms with E-state index in [9.17, 15) is 9.59 Å². The highest BCUT2D eigenvalue weighted by Gasteiger charge is 2.22. The standard InChI is InChI=1S/C22H29N3O2/c1-5-6-14-24(4)21(26)19-12-13-23-20(15-19)22(27)25(17(2)3)16-18-10-8-7-9-11-18/h7-13,15,17H,5-6,14,16H2,1-4H3. The van der Waals surface area contributed by atoms with Crippen LogP contribution in [0.3, 0.4) is 0 Å². The molecule has 1 aromatic carbocycles. The van der Waals surface area contributed by atoms with Gasteiger partial charge in [-0.15, -0.1) is 0 Å². The normalized spacial score (nSPS) is 10.7. The van der Waals surface area contributed by atoms with Crippen molar-refractivity contribution < 1.29 is 9.59 Å². The Morgan fingerprint density at radius 3 is 2.41 bits per heavy atom. The van der Waals surface area contributed by atoms with E-state index in [0.717, 1.165) is 18.4 Å². The van der Waals surface area contributed by atoms with Gasteiger partial charge >= 0.3 is 0 Å². The minimum absolute atomic E-state index is 0.0195. The van der Waals surface area contributed by atoms with Crippen LogP contribution in [-0.2, 0) is 6.54 Å². The first kappa shape index (κ1) is 20.6. The van der Waals surface area contributed by atoms with E-state index in [4.69, 9.17) is 0 Å². The molecule has 0 fully saturated rings. The Balaban J connectivity index is 2.20. The summed E-state index contributed by atoms with van der Waals surface area (Å²) in [6.07, 6.45) is 3.52. The summed E-state index contributed by atoms with van der Waals surface area (Å²) in [5.74, 6) is -0.251. The second kappa shape index (κ2) is 9.86. The van der Waals surface area contributed by atoms with Gasteiger partial charge in [0.25, 0.3) is 11.8 Å². The molecule has 2 rings (SSSR count). The smallest absolute Gasteiger partial charge is 0.272 e. The number of carbonyl (C=O) groups excluding carboxylic acids is 2. The summed E-state index contributed by atoms with van der Waals surface area (Å²) >= 11 is 0. The number of rotatable bonds is 8. The first-order valence-corrected chi connectivity index (χ1v) is 9.50. The number of hydrogen-bond acceptors (Lipinski definition) is 3. The van der Waals surface area contributed by atoms with Crippen molar-refractivity contribution >= 4 is 11.8 Å². The summed E-state index contributed by atoms with van der Waals surface area (Å²) in [5.41, 5.74) is 1.86. The third-order valence-electron chi connectivity index (χ3n) is 4.50. The van der Waals surface area contributed by atoms with Gasteiger partial charge in [-0.2, -0.15) is 0 Å². The fourth-order valence-corrected chi connectivity index (χ4v) is 2.81. The maximum Gasteiger partial charge on any atom is 0.272 e. The first-order valence-electron chi connectivity index (χ1n) is 9.50. The Labute approximate surface area is 162 Å². The minimum atomic E-state index is -0.167. The number of benzene rings is 1. The van der Waals surface area contributed by atoms with Crippen molar-refractivity contribution in [3.8, 4) is 0 Å².